The average molecular weight is 278 g/mol. The summed E-state index contributed by atoms with van der Waals surface area (Å²) in [7, 11) is 0. The highest BCUT2D eigenvalue weighted by atomic mass is 16.3. The van der Waals surface area contributed by atoms with Crippen molar-refractivity contribution in [3.8, 4) is 0 Å². The fourth-order valence-electron chi connectivity index (χ4n) is 2.16. The molecule has 104 valence electrons. The Labute approximate surface area is 122 Å². The van der Waals surface area contributed by atoms with E-state index in [0.717, 1.165) is 16.3 Å². The van der Waals surface area contributed by atoms with Crippen LogP contribution in [-0.2, 0) is 0 Å². The number of fused-ring (bicyclic) bond motifs is 1. The van der Waals surface area contributed by atoms with E-state index in [4.69, 9.17) is 4.42 Å². The molecule has 0 aliphatic rings. The van der Waals surface area contributed by atoms with E-state index in [-0.39, 0.29) is 11.7 Å². The van der Waals surface area contributed by atoms with E-state index < -0.39 is 0 Å². The highest BCUT2D eigenvalue weighted by molar-refractivity contribution is 5.94. The van der Waals surface area contributed by atoms with Crippen LogP contribution in [-0.4, -0.2) is 5.91 Å². The van der Waals surface area contributed by atoms with Crippen LogP contribution in [0, 0.1) is 0 Å². The maximum atomic E-state index is 11.8. The minimum absolute atomic E-state index is 0.244. The van der Waals surface area contributed by atoms with Crippen LogP contribution in [0.2, 0.25) is 0 Å². The molecule has 1 amide bonds. The Bertz CT molecular complexity index is 786. The number of carbonyl (C=O) groups excluding carboxylic acids is 1. The summed E-state index contributed by atoms with van der Waals surface area (Å²) in [4.78, 5) is 11.8. The van der Waals surface area contributed by atoms with Gasteiger partial charge in [-0.15, -0.1) is 0 Å². The zero-order valence-corrected chi connectivity index (χ0v) is 11.3. The van der Waals surface area contributed by atoms with E-state index in [1.165, 1.54) is 6.26 Å². The van der Waals surface area contributed by atoms with Crippen molar-refractivity contribution in [3.63, 3.8) is 0 Å². The number of hydrogen-bond donors (Lipinski definition) is 2. The first-order valence-corrected chi connectivity index (χ1v) is 6.52. The van der Waals surface area contributed by atoms with Gasteiger partial charge in [-0.25, -0.2) is 0 Å². The molecule has 1 heterocycles. The van der Waals surface area contributed by atoms with Gasteiger partial charge in [0.15, 0.2) is 5.76 Å². The van der Waals surface area contributed by atoms with Crippen molar-refractivity contribution in [1.29, 1.82) is 0 Å². The van der Waals surface area contributed by atoms with Crippen LogP contribution in [0.3, 0.4) is 0 Å². The lowest BCUT2D eigenvalue weighted by molar-refractivity contribution is 0.0914. The number of rotatable bonds is 4. The number of amides is 1. The number of hydrazine groups is 1. The summed E-state index contributed by atoms with van der Waals surface area (Å²) < 4.78 is 5.02. The fraction of sp³-hybridized carbons (Fsp3) is 0. The van der Waals surface area contributed by atoms with Crippen molar-refractivity contribution in [2.24, 2.45) is 0 Å². The molecule has 0 radical (unpaired) electrons. The molecule has 0 atom stereocenters. The third-order valence-electron chi connectivity index (χ3n) is 3.19. The highest BCUT2D eigenvalue weighted by Crippen LogP contribution is 2.22. The lowest BCUT2D eigenvalue weighted by Crippen LogP contribution is -2.35. The molecule has 21 heavy (non-hydrogen) atoms. The van der Waals surface area contributed by atoms with E-state index in [9.17, 15) is 4.79 Å². The van der Waals surface area contributed by atoms with Crippen molar-refractivity contribution in [2.45, 2.75) is 0 Å². The minimum atomic E-state index is -0.346. The molecule has 0 unspecified atom stereocenters. The zero-order chi connectivity index (χ0) is 14.7. The summed E-state index contributed by atoms with van der Waals surface area (Å²) >= 11 is 0. The Morgan fingerprint density at radius 3 is 2.57 bits per heavy atom. The quantitative estimate of drug-likeness (QED) is 0.720. The molecule has 2 N–H and O–H groups in total. The number of benzene rings is 2. The number of carbonyl (C=O) groups is 1. The Morgan fingerprint density at radius 2 is 1.76 bits per heavy atom. The number of furan rings is 1. The summed E-state index contributed by atoms with van der Waals surface area (Å²) in [5.41, 5.74) is 6.95. The molecule has 0 aliphatic heterocycles. The Morgan fingerprint density at radius 1 is 0.952 bits per heavy atom. The van der Waals surface area contributed by atoms with Gasteiger partial charge in [-0.1, -0.05) is 49.0 Å². The van der Waals surface area contributed by atoms with Crippen LogP contribution in [0.15, 0.2) is 71.9 Å². The lowest BCUT2D eigenvalue weighted by Gasteiger charge is -2.12. The van der Waals surface area contributed by atoms with Gasteiger partial charge in [-0.3, -0.25) is 15.6 Å². The van der Waals surface area contributed by atoms with E-state index in [1.807, 2.05) is 42.5 Å². The van der Waals surface area contributed by atoms with E-state index in [1.54, 1.807) is 12.1 Å². The Balaban J connectivity index is 1.77. The maximum Gasteiger partial charge on any atom is 0.305 e. The molecule has 0 aliphatic carbocycles. The lowest BCUT2D eigenvalue weighted by atomic mass is 10.0. The summed E-state index contributed by atoms with van der Waals surface area (Å²) in [5, 5.41) is 2.19. The SMILES string of the molecule is C=C(NNC(=O)c1ccco1)c1cccc2ccccc12. The molecule has 3 rings (SSSR count). The van der Waals surface area contributed by atoms with E-state index in [0.29, 0.717) is 5.70 Å². The van der Waals surface area contributed by atoms with Gasteiger partial charge in [-0.2, -0.15) is 0 Å². The molecule has 4 nitrogen and oxygen atoms in total. The summed E-state index contributed by atoms with van der Waals surface area (Å²) in [6.45, 7) is 3.97. The molecule has 0 saturated carbocycles. The largest absolute Gasteiger partial charge is 0.459 e. The smallest absolute Gasteiger partial charge is 0.305 e. The van der Waals surface area contributed by atoms with Crippen molar-refractivity contribution >= 4 is 22.4 Å². The summed E-state index contributed by atoms with van der Waals surface area (Å²) in [5.74, 6) is -0.102. The topological polar surface area (TPSA) is 54.3 Å². The van der Waals surface area contributed by atoms with Gasteiger partial charge in [0.1, 0.15) is 0 Å². The van der Waals surface area contributed by atoms with Crippen LogP contribution in [0.25, 0.3) is 16.5 Å². The Hall–Kier alpha value is -3.01. The molecule has 0 saturated heterocycles. The molecular weight excluding hydrogens is 264 g/mol. The standard InChI is InChI=1S/C17H14N2O2/c1-12(18-19-17(20)16-10-5-11-21-16)14-9-4-7-13-6-2-3-8-15(13)14/h2-11,18H,1H2,(H,19,20). The predicted molar refractivity (Wildman–Crippen MR) is 82.3 cm³/mol. The van der Waals surface area contributed by atoms with Gasteiger partial charge in [0, 0.05) is 5.56 Å². The maximum absolute atomic E-state index is 11.8. The molecule has 4 heteroatoms. The first-order valence-electron chi connectivity index (χ1n) is 6.52. The van der Waals surface area contributed by atoms with Crippen LogP contribution in [0.1, 0.15) is 16.1 Å². The monoisotopic (exact) mass is 278 g/mol. The second-order valence-corrected chi connectivity index (χ2v) is 4.56. The van der Waals surface area contributed by atoms with Gasteiger partial charge >= 0.3 is 5.91 Å². The average Bonchev–Trinajstić information content (AvgIpc) is 3.06. The normalized spacial score (nSPS) is 10.3. The van der Waals surface area contributed by atoms with Gasteiger partial charge in [0.2, 0.25) is 0 Å². The minimum Gasteiger partial charge on any atom is -0.459 e. The van der Waals surface area contributed by atoms with Crippen LogP contribution < -0.4 is 10.9 Å². The van der Waals surface area contributed by atoms with Crippen LogP contribution >= 0.6 is 0 Å². The first-order chi connectivity index (χ1) is 10.3. The third-order valence-corrected chi connectivity index (χ3v) is 3.19. The second kappa shape index (κ2) is 5.54. The van der Waals surface area contributed by atoms with Gasteiger partial charge in [-0.05, 0) is 22.9 Å². The second-order valence-electron chi connectivity index (χ2n) is 4.56. The zero-order valence-electron chi connectivity index (χ0n) is 11.3. The van der Waals surface area contributed by atoms with Gasteiger partial charge < -0.3 is 4.42 Å². The number of nitrogens with one attached hydrogen (secondary N) is 2. The van der Waals surface area contributed by atoms with Crippen LogP contribution in [0.5, 0.6) is 0 Å². The Kier molecular flexibility index (Phi) is 3.43. The first kappa shape index (κ1) is 13.0. The molecule has 3 aromatic rings. The predicted octanol–water partition coefficient (Wildman–Crippen LogP) is 3.34. The third kappa shape index (κ3) is 2.65. The van der Waals surface area contributed by atoms with Crippen molar-refractivity contribution in [2.75, 3.05) is 0 Å². The summed E-state index contributed by atoms with van der Waals surface area (Å²) in [6, 6.07) is 17.2. The molecular formula is C17H14N2O2. The molecule has 0 spiro atoms. The van der Waals surface area contributed by atoms with E-state index >= 15 is 0 Å². The van der Waals surface area contributed by atoms with Gasteiger partial charge in [0.05, 0.1) is 12.0 Å². The molecule has 1 aromatic heterocycles. The number of hydrogen-bond acceptors (Lipinski definition) is 3. The molecule has 0 fully saturated rings. The highest BCUT2D eigenvalue weighted by Gasteiger charge is 2.09. The van der Waals surface area contributed by atoms with Crippen molar-refractivity contribution in [3.05, 3.63) is 78.8 Å². The molecule has 0 bridgehead atoms. The fourth-order valence-corrected chi connectivity index (χ4v) is 2.16. The molecule has 2 aromatic carbocycles. The summed E-state index contributed by atoms with van der Waals surface area (Å²) in [6.07, 6.45) is 1.45. The van der Waals surface area contributed by atoms with Crippen molar-refractivity contribution < 1.29 is 9.21 Å². The van der Waals surface area contributed by atoms with Crippen LogP contribution in [0.4, 0.5) is 0 Å². The van der Waals surface area contributed by atoms with Gasteiger partial charge in [0.25, 0.3) is 0 Å². The van der Waals surface area contributed by atoms with E-state index in [2.05, 4.69) is 17.4 Å². The van der Waals surface area contributed by atoms with Crippen molar-refractivity contribution in [1.82, 2.24) is 10.9 Å².